The SMILES string of the molecule is COC1(CNc2nc3ccc([N+](=O)[O-])cc3[nH]2)CCC1. The van der Waals surface area contributed by atoms with Gasteiger partial charge in [0.2, 0.25) is 5.95 Å². The summed E-state index contributed by atoms with van der Waals surface area (Å²) in [4.78, 5) is 17.7. The zero-order chi connectivity index (χ0) is 14.2. The average molecular weight is 276 g/mol. The van der Waals surface area contributed by atoms with Gasteiger partial charge in [-0.25, -0.2) is 4.98 Å². The Balaban J connectivity index is 1.77. The van der Waals surface area contributed by atoms with Gasteiger partial charge in [-0.3, -0.25) is 10.1 Å². The van der Waals surface area contributed by atoms with Crippen LogP contribution in [0.3, 0.4) is 0 Å². The fourth-order valence-corrected chi connectivity index (χ4v) is 2.46. The van der Waals surface area contributed by atoms with Crippen LogP contribution in [0.1, 0.15) is 19.3 Å². The highest BCUT2D eigenvalue weighted by molar-refractivity contribution is 5.79. The van der Waals surface area contributed by atoms with Crippen LogP contribution in [-0.2, 0) is 4.74 Å². The number of nitro groups is 1. The van der Waals surface area contributed by atoms with Crippen LogP contribution in [0.2, 0.25) is 0 Å². The monoisotopic (exact) mass is 276 g/mol. The summed E-state index contributed by atoms with van der Waals surface area (Å²) in [5.41, 5.74) is 1.32. The number of methoxy groups -OCH3 is 1. The number of fused-ring (bicyclic) bond motifs is 1. The molecule has 1 saturated carbocycles. The fourth-order valence-electron chi connectivity index (χ4n) is 2.46. The van der Waals surface area contributed by atoms with Gasteiger partial charge in [-0.1, -0.05) is 0 Å². The van der Waals surface area contributed by atoms with Gasteiger partial charge in [0.25, 0.3) is 5.69 Å². The maximum atomic E-state index is 10.7. The normalized spacial score (nSPS) is 16.9. The zero-order valence-corrected chi connectivity index (χ0v) is 11.2. The maximum absolute atomic E-state index is 10.7. The topological polar surface area (TPSA) is 93.1 Å². The quantitative estimate of drug-likeness (QED) is 0.646. The number of hydrogen-bond donors (Lipinski definition) is 2. The van der Waals surface area contributed by atoms with Gasteiger partial charge in [-0.05, 0) is 25.3 Å². The number of aromatic nitrogens is 2. The Morgan fingerprint density at radius 3 is 2.95 bits per heavy atom. The number of aromatic amines is 1. The van der Waals surface area contributed by atoms with Crippen LogP contribution in [0, 0.1) is 10.1 Å². The maximum Gasteiger partial charge on any atom is 0.271 e. The third-order valence-electron chi connectivity index (χ3n) is 3.95. The van der Waals surface area contributed by atoms with E-state index in [-0.39, 0.29) is 11.3 Å². The number of non-ortho nitro benzene ring substituents is 1. The third kappa shape index (κ3) is 2.20. The molecule has 7 heteroatoms. The van der Waals surface area contributed by atoms with E-state index in [1.807, 2.05) is 0 Å². The predicted molar refractivity (Wildman–Crippen MR) is 74.8 cm³/mol. The van der Waals surface area contributed by atoms with Crippen molar-refractivity contribution in [3.05, 3.63) is 28.3 Å². The standard InChI is InChI=1S/C13H16N4O3/c1-20-13(5-2-6-13)8-14-12-15-10-4-3-9(17(18)19)7-11(10)16-12/h3-4,7H,2,5-6,8H2,1H3,(H2,14,15,16). The van der Waals surface area contributed by atoms with Crippen LogP contribution < -0.4 is 5.32 Å². The minimum Gasteiger partial charge on any atom is -0.376 e. The summed E-state index contributed by atoms with van der Waals surface area (Å²) in [5.74, 6) is 0.615. The van der Waals surface area contributed by atoms with E-state index >= 15 is 0 Å². The average Bonchev–Trinajstić information content (AvgIpc) is 2.79. The number of hydrogen-bond acceptors (Lipinski definition) is 5. The van der Waals surface area contributed by atoms with Crippen molar-refractivity contribution in [2.75, 3.05) is 19.0 Å². The minimum absolute atomic E-state index is 0.0556. The van der Waals surface area contributed by atoms with Gasteiger partial charge >= 0.3 is 0 Å². The molecular formula is C13H16N4O3. The first kappa shape index (κ1) is 12.9. The molecule has 0 amide bonds. The molecule has 2 N–H and O–H groups in total. The van der Waals surface area contributed by atoms with Gasteiger partial charge in [0.1, 0.15) is 0 Å². The van der Waals surface area contributed by atoms with Crippen molar-refractivity contribution in [3.8, 4) is 0 Å². The number of nitro benzene ring substituents is 1. The number of nitrogens with zero attached hydrogens (tertiary/aromatic N) is 2. The van der Waals surface area contributed by atoms with E-state index in [9.17, 15) is 10.1 Å². The molecule has 2 aromatic rings. The van der Waals surface area contributed by atoms with Crippen molar-refractivity contribution in [1.82, 2.24) is 9.97 Å². The molecule has 0 spiro atoms. The minimum atomic E-state index is -0.415. The molecular weight excluding hydrogens is 260 g/mol. The summed E-state index contributed by atoms with van der Waals surface area (Å²) in [5, 5.41) is 13.9. The number of rotatable bonds is 5. The van der Waals surface area contributed by atoms with E-state index in [1.165, 1.54) is 18.6 Å². The Labute approximate surface area is 115 Å². The lowest BCUT2D eigenvalue weighted by Gasteiger charge is -2.40. The summed E-state index contributed by atoms with van der Waals surface area (Å²) in [7, 11) is 1.73. The second-order valence-electron chi connectivity index (χ2n) is 5.14. The van der Waals surface area contributed by atoms with Gasteiger partial charge in [-0.2, -0.15) is 0 Å². The lowest BCUT2D eigenvalue weighted by Crippen LogP contribution is -2.45. The summed E-state index contributed by atoms with van der Waals surface area (Å²) in [6.45, 7) is 0.686. The van der Waals surface area contributed by atoms with Crippen molar-refractivity contribution < 1.29 is 9.66 Å². The highest BCUT2D eigenvalue weighted by Gasteiger charge is 2.36. The molecule has 1 aromatic carbocycles. The molecule has 0 unspecified atom stereocenters. The lowest BCUT2D eigenvalue weighted by atomic mass is 9.80. The van der Waals surface area contributed by atoms with Crippen LogP contribution in [0.5, 0.6) is 0 Å². The highest BCUT2D eigenvalue weighted by atomic mass is 16.6. The molecule has 1 heterocycles. The summed E-state index contributed by atoms with van der Waals surface area (Å²) < 4.78 is 5.53. The number of anilines is 1. The van der Waals surface area contributed by atoms with Crippen molar-refractivity contribution in [2.45, 2.75) is 24.9 Å². The third-order valence-corrected chi connectivity index (χ3v) is 3.95. The molecule has 1 aliphatic rings. The van der Waals surface area contributed by atoms with Gasteiger partial charge < -0.3 is 15.0 Å². The van der Waals surface area contributed by atoms with E-state index in [2.05, 4.69) is 15.3 Å². The van der Waals surface area contributed by atoms with Crippen LogP contribution in [0.25, 0.3) is 11.0 Å². The first-order valence-electron chi connectivity index (χ1n) is 6.55. The predicted octanol–water partition coefficient (Wildman–Crippen LogP) is 2.45. The molecule has 106 valence electrons. The first-order valence-corrected chi connectivity index (χ1v) is 6.55. The molecule has 0 radical (unpaired) electrons. The largest absolute Gasteiger partial charge is 0.376 e. The molecule has 3 rings (SSSR count). The molecule has 0 bridgehead atoms. The van der Waals surface area contributed by atoms with Crippen LogP contribution in [0.15, 0.2) is 18.2 Å². The fraction of sp³-hybridized carbons (Fsp3) is 0.462. The molecule has 0 aliphatic heterocycles. The number of imidazole rings is 1. The number of benzene rings is 1. The summed E-state index contributed by atoms with van der Waals surface area (Å²) in [6, 6.07) is 4.59. The Bertz CT molecular complexity index is 643. The Hall–Kier alpha value is -2.15. The van der Waals surface area contributed by atoms with Crippen LogP contribution >= 0.6 is 0 Å². The van der Waals surface area contributed by atoms with Crippen molar-refractivity contribution >= 4 is 22.7 Å². The first-order chi connectivity index (χ1) is 9.62. The number of H-pyrrole nitrogens is 1. The Morgan fingerprint density at radius 2 is 2.35 bits per heavy atom. The molecule has 7 nitrogen and oxygen atoms in total. The number of nitrogens with one attached hydrogen (secondary N) is 2. The highest BCUT2D eigenvalue weighted by Crippen LogP contribution is 2.35. The van der Waals surface area contributed by atoms with E-state index in [1.54, 1.807) is 13.2 Å². The van der Waals surface area contributed by atoms with E-state index in [4.69, 9.17) is 4.74 Å². The molecule has 1 aliphatic carbocycles. The molecule has 20 heavy (non-hydrogen) atoms. The van der Waals surface area contributed by atoms with E-state index in [0.29, 0.717) is 23.5 Å². The molecule has 0 atom stereocenters. The zero-order valence-electron chi connectivity index (χ0n) is 11.2. The Morgan fingerprint density at radius 1 is 1.55 bits per heavy atom. The van der Waals surface area contributed by atoms with E-state index < -0.39 is 4.92 Å². The smallest absolute Gasteiger partial charge is 0.271 e. The van der Waals surface area contributed by atoms with Gasteiger partial charge in [0.15, 0.2) is 0 Å². The second kappa shape index (κ2) is 4.75. The van der Waals surface area contributed by atoms with Gasteiger partial charge in [0.05, 0.1) is 21.6 Å². The van der Waals surface area contributed by atoms with Gasteiger partial charge in [0, 0.05) is 25.8 Å². The molecule has 1 aromatic heterocycles. The molecule has 0 saturated heterocycles. The van der Waals surface area contributed by atoms with Crippen LogP contribution in [-0.4, -0.2) is 34.1 Å². The summed E-state index contributed by atoms with van der Waals surface area (Å²) >= 11 is 0. The second-order valence-corrected chi connectivity index (χ2v) is 5.14. The lowest BCUT2D eigenvalue weighted by molar-refractivity contribution is -0.384. The van der Waals surface area contributed by atoms with E-state index in [0.717, 1.165) is 12.8 Å². The summed E-state index contributed by atoms with van der Waals surface area (Å²) in [6.07, 6.45) is 3.27. The van der Waals surface area contributed by atoms with Gasteiger partial charge in [-0.15, -0.1) is 0 Å². The number of ether oxygens (including phenoxy) is 1. The van der Waals surface area contributed by atoms with Crippen molar-refractivity contribution in [2.24, 2.45) is 0 Å². The van der Waals surface area contributed by atoms with Crippen molar-refractivity contribution in [1.29, 1.82) is 0 Å². The molecule has 1 fully saturated rings. The Kier molecular flexibility index (Phi) is 3.06. The van der Waals surface area contributed by atoms with Crippen LogP contribution in [0.4, 0.5) is 11.6 Å². The van der Waals surface area contributed by atoms with Crippen molar-refractivity contribution in [3.63, 3.8) is 0 Å².